The molecule has 1 aromatic carbocycles. The number of ether oxygens (including phenoxy) is 1. The molecule has 3 nitrogen and oxygen atoms in total. The van der Waals surface area contributed by atoms with E-state index >= 15 is 0 Å². The Bertz CT molecular complexity index is 326. The lowest BCUT2D eigenvalue weighted by Crippen LogP contribution is -2.16. The van der Waals surface area contributed by atoms with Crippen LogP contribution in [-0.2, 0) is 0 Å². The van der Waals surface area contributed by atoms with Gasteiger partial charge in [0.25, 0.3) is 0 Å². The molecule has 0 spiro atoms. The molecule has 0 aromatic heterocycles. The van der Waals surface area contributed by atoms with Crippen molar-refractivity contribution >= 4 is 5.69 Å². The van der Waals surface area contributed by atoms with Gasteiger partial charge in [0.15, 0.2) is 0 Å². The fourth-order valence-corrected chi connectivity index (χ4v) is 1.69. The molecule has 1 unspecified atom stereocenters. The number of hydrogen-bond acceptors (Lipinski definition) is 3. The van der Waals surface area contributed by atoms with Gasteiger partial charge in [-0.25, -0.2) is 0 Å². The van der Waals surface area contributed by atoms with Crippen LogP contribution in [0.5, 0.6) is 5.75 Å². The van der Waals surface area contributed by atoms with Crippen molar-refractivity contribution in [2.45, 2.75) is 25.9 Å². The standard InChI is InChI=1S/C14H24N2O/c1-12(7-6-10-15-2)17-14-9-5-8-13(11-14)16(3)4/h5,8-9,11-12,15H,6-7,10H2,1-4H3. The Morgan fingerprint density at radius 2 is 2.12 bits per heavy atom. The topological polar surface area (TPSA) is 24.5 Å². The second-order valence-electron chi connectivity index (χ2n) is 4.57. The highest BCUT2D eigenvalue weighted by Crippen LogP contribution is 2.21. The van der Waals surface area contributed by atoms with E-state index in [1.165, 1.54) is 5.69 Å². The first kappa shape index (κ1) is 13.8. The molecule has 96 valence electrons. The summed E-state index contributed by atoms with van der Waals surface area (Å²) >= 11 is 0. The Labute approximate surface area is 105 Å². The summed E-state index contributed by atoms with van der Waals surface area (Å²) in [5.41, 5.74) is 1.17. The summed E-state index contributed by atoms with van der Waals surface area (Å²) in [7, 11) is 6.05. The molecule has 0 aliphatic heterocycles. The van der Waals surface area contributed by atoms with Gasteiger partial charge in [-0.2, -0.15) is 0 Å². The van der Waals surface area contributed by atoms with Gasteiger partial charge in [-0.05, 0) is 45.5 Å². The van der Waals surface area contributed by atoms with Crippen molar-refractivity contribution in [3.63, 3.8) is 0 Å². The van der Waals surface area contributed by atoms with E-state index in [1.54, 1.807) is 0 Å². The molecule has 0 bridgehead atoms. The van der Waals surface area contributed by atoms with E-state index in [9.17, 15) is 0 Å². The van der Waals surface area contributed by atoms with Crippen LogP contribution in [0, 0.1) is 0 Å². The van der Waals surface area contributed by atoms with Crippen molar-refractivity contribution in [1.82, 2.24) is 5.32 Å². The number of nitrogens with one attached hydrogen (secondary N) is 1. The lowest BCUT2D eigenvalue weighted by Gasteiger charge is -2.17. The van der Waals surface area contributed by atoms with Gasteiger partial charge >= 0.3 is 0 Å². The first-order chi connectivity index (χ1) is 8.13. The maximum Gasteiger partial charge on any atom is 0.121 e. The Kier molecular flexibility index (Phi) is 5.84. The van der Waals surface area contributed by atoms with E-state index in [4.69, 9.17) is 4.74 Å². The van der Waals surface area contributed by atoms with E-state index in [0.717, 1.165) is 25.1 Å². The van der Waals surface area contributed by atoms with Gasteiger partial charge in [-0.1, -0.05) is 6.07 Å². The van der Waals surface area contributed by atoms with Crippen LogP contribution in [-0.4, -0.2) is 33.8 Å². The molecule has 0 aliphatic rings. The molecule has 0 fully saturated rings. The van der Waals surface area contributed by atoms with Gasteiger partial charge in [-0.15, -0.1) is 0 Å². The number of benzene rings is 1. The molecular formula is C14H24N2O. The molecular weight excluding hydrogens is 212 g/mol. The summed E-state index contributed by atoms with van der Waals surface area (Å²) in [5, 5.41) is 3.15. The maximum absolute atomic E-state index is 5.90. The molecule has 0 saturated carbocycles. The minimum atomic E-state index is 0.265. The van der Waals surface area contributed by atoms with E-state index in [-0.39, 0.29) is 6.10 Å². The van der Waals surface area contributed by atoms with Gasteiger partial charge in [0, 0.05) is 25.8 Å². The smallest absolute Gasteiger partial charge is 0.121 e. The van der Waals surface area contributed by atoms with E-state index < -0.39 is 0 Å². The maximum atomic E-state index is 5.90. The molecule has 0 saturated heterocycles. The van der Waals surface area contributed by atoms with Crippen molar-refractivity contribution in [1.29, 1.82) is 0 Å². The quantitative estimate of drug-likeness (QED) is 0.736. The minimum Gasteiger partial charge on any atom is -0.491 e. The molecule has 0 radical (unpaired) electrons. The Hall–Kier alpha value is -1.22. The lowest BCUT2D eigenvalue weighted by molar-refractivity contribution is 0.208. The van der Waals surface area contributed by atoms with Gasteiger partial charge in [-0.3, -0.25) is 0 Å². The predicted octanol–water partition coefficient (Wildman–Crippen LogP) is 2.52. The monoisotopic (exact) mass is 236 g/mol. The molecule has 0 heterocycles. The van der Waals surface area contributed by atoms with Gasteiger partial charge in [0.05, 0.1) is 6.10 Å². The fraction of sp³-hybridized carbons (Fsp3) is 0.571. The Balaban J connectivity index is 2.47. The SMILES string of the molecule is CNCCCC(C)Oc1cccc(N(C)C)c1. The van der Waals surface area contributed by atoms with Crippen LogP contribution in [0.3, 0.4) is 0 Å². The van der Waals surface area contributed by atoms with Gasteiger partial charge in [0.2, 0.25) is 0 Å². The van der Waals surface area contributed by atoms with Crippen molar-refractivity contribution in [2.24, 2.45) is 0 Å². The molecule has 3 heteroatoms. The highest BCUT2D eigenvalue weighted by atomic mass is 16.5. The highest BCUT2D eigenvalue weighted by Gasteiger charge is 2.04. The second kappa shape index (κ2) is 7.17. The van der Waals surface area contributed by atoms with Crippen LogP contribution < -0.4 is 15.0 Å². The third-order valence-corrected chi connectivity index (χ3v) is 2.71. The Morgan fingerprint density at radius 3 is 2.76 bits per heavy atom. The first-order valence-corrected chi connectivity index (χ1v) is 6.22. The number of nitrogens with zero attached hydrogens (tertiary/aromatic N) is 1. The van der Waals surface area contributed by atoms with Crippen molar-refractivity contribution in [3.8, 4) is 5.75 Å². The lowest BCUT2D eigenvalue weighted by atomic mass is 10.2. The van der Waals surface area contributed by atoms with E-state index in [2.05, 4.69) is 29.3 Å². The predicted molar refractivity (Wildman–Crippen MR) is 74.0 cm³/mol. The van der Waals surface area contributed by atoms with Crippen LogP contribution in [0.15, 0.2) is 24.3 Å². The summed E-state index contributed by atoms with van der Waals surface area (Å²) in [5.74, 6) is 0.952. The average molecular weight is 236 g/mol. The van der Waals surface area contributed by atoms with E-state index in [0.29, 0.717) is 0 Å². The zero-order valence-corrected chi connectivity index (χ0v) is 11.4. The third kappa shape index (κ3) is 5.09. The molecule has 1 N–H and O–H groups in total. The first-order valence-electron chi connectivity index (χ1n) is 6.22. The van der Waals surface area contributed by atoms with Crippen molar-refractivity contribution in [2.75, 3.05) is 32.6 Å². The van der Waals surface area contributed by atoms with Crippen LogP contribution >= 0.6 is 0 Å². The molecule has 0 aliphatic carbocycles. The minimum absolute atomic E-state index is 0.265. The second-order valence-corrected chi connectivity index (χ2v) is 4.57. The summed E-state index contributed by atoms with van der Waals surface area (Å²) in [6, 6.07) is 8.21. The number of rotatable bonds is 7. The zero-order chi connectivity index (χ0) is 12.7. The van der Waals surface area contributed by atoms with Crippen LogP contribution in [0.25, 0.3) is 0 Å². The summed E-state index contributed by atoms with van der Waals surface area (Å²) in [6.07, 6.45) is 2.48. The molecule has 1 rings (SSSR count). The largest absolute Gasteiger partial charge is 0.491 e. The Morgan fingerprint density at radius 1 is 1.35 bits per heavy atom. The van der Waals surface area contributed by atoms with Crippen LogP contribution in [0.2, 0.25) is 0 Å². The number of hydrogen-bond donors (Lipinski definition) is 1. The number of anilines is 1. The third-order valence-electron chi connectivity index (χ3n) is 2.71. The molecule has 0 amide bonds. The van der Waals surface area contributed by atoms with Crippen molar-refractivity contribution < 1.29 is 4.74 Å². The van der Waals surface area contributed by atoms with Gasteiger partial charge in [0.1, 0.15) is 5.75 Å². The summed E-state index contributed by atoms with van der Waals surface area (Å²) in [4.78, 5) is 2.08. The van der Waals surface area contributed by atoms with E-state index in [1.807, 2.05) is 33.3 Å². The molecule has 17 heavy (non-hydrogen) atoms. The molecule has 1 aromatic rings. The molecule has 1 atom stereocenters. The summed E-state index contributed by atoms with van der Waals surface area (Å²) in [6.45, 7) is 3.17. The normalized spacial score (nSPS) is 12.2. The average Bonchev–Trinajstić information content (AvgIpc) is 2.29. The summed E-state index contributed by atoms with van der Waals surface area (Å²) < 4.78 is 5.90. The highest BCUT2D eigenvalue weighted by molar-refractivity contribution is 5.49. The van der Waals surface area contributed by atoms with Crippen LogP contribution in [0.4, 0.5) is 5.69 Å². The van der Waals surface area contributed by atoms with Crippen molar-refractivity contribution in [3.05, 3.63) is 24.3 Å². The van der Waals surface area contributed by atoms with Crippen LogP contribution in [0.1, 0.15) is 19.8 Å². The van der Waals surface area contributed by atoms with Gasteiger partial charge < -0.3 is 15.0 Å². The zero-order valence-electron chi connectivity index (χ0n) is 11.4. The fourth-order valence-electron chi connectivity index (χ4n) is 1.69.